The van der Waals surface area contributed by atoms with Gasteiger partial charge in [-0.15, -0.1) is 0 Å². The van der Waals surface area contributed by atoms with Gasteiger partial charge in [0, 0.05) is 65.0 Å². The first-order valence-electron chi connectivity index (χ1n) is 12.7. The van der Waals surface area contributed by atoms with Crippen molar-refractivity contribution in [2.24, 2.45) is 0 Å². The highest BCUT2D eigenvalue weighted by Crippen LogP contribution is 2.60. The zero-order valence-corrected chi connectivity index (χ0v) is 20.3. The summed E-state index contributed by atoms with van der Waals surface area (Å²) in [5.41, 5.74) is 3.98. The van der Waals surface area contributed by atoms with Gasteiger partial charge in [0.05, 0.1) is 13.2 Å². The summed E-state index contributed by atoms with van der Waals surface area (Å²) in [4.78, 5) is 28.5. The van der Waals surface area contributed by atoms with Gasteiger partial charge in [0.25, 0.3) is 0 Å². The third kappa shape index (κ3) is 1.71. The summed E-state index contributed by atoms with van der Waals surface area (Å²) in [7, 11) is 0. The van der Waals surface area contributed by atoms with Crippen molar-refractivity contribution < 1.29 is 9.47 Å². The van der Waals surface area contributed by atoms with Crippen LogP contribution in [0.2, 0.25) is 0 Å². The summed E-state index contributed by atoms with van der Waals surface area (Å²) in [5.74, 6) is -0.952. The molecular formula is C31H24O4. The molecular weight excluding hydrogens is 436 g/mol. The van der Waals surface area contributed by atoms with E-state index in [-0.39, 0.29) is 21.7 Å². The van der Waals surface area contributed by atoms with Gasteiger partial charge in [0.2, 0.25) is 5.79 Å². The van der Waals surface area contributed by atoms with Crippen LogP contribution in [0.3, 0.4) is 0 Å². The van der Waals surface area contributed by atoms with E-state index in [1.54, 1.807) is 0 Å². The Kier molecular flexibility index (Phi) is 2.85. The van der Waals surface area contributed by atoms with E-state index in [0.29, 0.717) is 13.2 Å². The number of hydrogen-bond donors (Lipinski definition) is 0. The van der Waals surface area contributed by atoms with E-state index in [2.05, 4.69) is 27.7 Å². The number of benzene rings is 4. The lowest BCUT2D eigenvalue weighted by Gasteiger charge is -2.42. The van der Waals surface area contributed by atoms with Crippen LogP contribution >= 0.6 is 0 Å². The highest BCUT2D eigenvalue weighted by atomic mass is 16.7. The molecule has 1 fully saturated rings. The molecule has 3 aliphatic rings. The Balaban J connectivity index is 1.72. The fraction of sp³-hybridized carbons (Fsp3) is 0.355. The van der Waals surface area contributed by atoms with Crippen LogP contribution in [0.1, 0.15) is 62.8 Å². The van der Waals surface area contributed by atoms with Crippen molar-refractivity contribution in [2.45, 2.75) is 57.2 Å². The lowest BCUT2D eigenvalue weighted by atomic mass is 9.61. The van der Waals surface area contributed by atoms with Crippen LogP contribution in [0.15, 0.2) is 33.9 Å². The average Bonchev–Trinajstić information content (AvgIpc) is 3.56. The Hall–Kier alpha value is -3.08. The molecule has 0 aromatic heterocycles. The molecule has 4 heteroatoms. The molecule has 0 atom stereocenters. The van der Waals surface area contributed by atoms with Crippen molar-refractivity contribution in [3.8, 4) is 0 Å². The molecule has 0 unspecified atom stereocenters. The number of rotatable bonds is 0. The van der Waals surface area contributed by atoms with E-state index in [1.165, 1.54) is 0 Å². The Bertz CT molecular complexity index is 1900. The fourth-order valence-corrected chi connectivity index (χ4v) is 8.24. The summed E-state index contributed by atoms with van der Waals surface area (Å²) < 4.78 is 12.7. The van der Waals surface area contributed by atoms with Crippen molar-refractivity contribution in [3.05, 3.63) is 67.0 Å². The van der Waals surface area contributed by atoms with Crippen molar-refractivity contribution in [3.63, 3.8) is 0 Å². The SMILES string of the molecule is CC1(C)CCC(C)(C)c2c1c1c(=O)c3ccc4c5c6c(ccc7c(=O)c2c(c76)c1c35)C41OCCO1. The zero-order valence-electron chi connectivity index (χ0n) is 20.3. The summed E-state index contributed by atoms with van der Waals surface area (Å²) in [6.07, 6.45) is 1.97. The smallest absolute Gasteiger partial charge is 0.223 e. The molecule has 9 rings (SSSR count). The molecule has 2 aliphatic carbocycles. The Labute approximate surface area is 200 Å². The van der Waals surface area contributed by atoms with E-state index in [0.717, 1.165) is 89.0 Å². The Morgan fingerprint density at radius 2 is 1.00 bits per heavy atom. The van der Waals surface area contributed by atoms with Crippen LogP contribution in [0.25, 0.3) is 53.9 Å². The van der Waals surface area contributed by atoms with E-state index in [9.17, 15) is 9.59 Å². The van der Waals surface area contributed by atoms with Crippen LogP contribution < -0.4 is 10.9 Å². The second-order valence-electron chi connectivity index (χ2n) is 12.3. The number of fused-ring (bicyclic) bond motifs is 5. The van der Waals surface area contributed by atoms with Gasteiger partial charge >= 0.3 is 0 Å². The topological polar surface area (TPSA) is 52.6 Å². The predicted octanol–water partition coefficient (Wildman–Crippen LogP) is 5.83. The standard InChI is InChI=1S/C31H24O4/c1-29(2)9-10-30(3,4)26-24-22-18-14(28(24)33)6-8-16-20(18)19-15(31(16)34-11-12-35-31)7-5-13-17(19)21(22)23(25(26)29)27(13)32/h5-8H,9-12H2,1-4H3. The molecule has 0 bridgehead atoms. The molecule has 0 N–H and O–H groups in total. The first-order chi connectivity index (χ1) is 16.7. The van der Waals surface area contributed by atoms with Crippen molar-refractivity contribution in [2.75, 3.05) is 13.2 Å². The first kappa shape index (κ1) is 19.1. The van der Waals surface area contributed by atoms with Gasteiger partial charge in [0.15, 0.2) is 10.9 Å². The van der Waals surface area contributed by atoms with Crippen molar-refractivity contribution >= 4 is 53.9 Å². The molecule has 6 aromatic carbocycles. The van der Waals surface area contributed by atoms with E-state index >= 15 is 0 Å². The minimum absolute atomic E-state index is 0.104. The molecule has 1 saturated heterocycles. The van der Waals surface area contributed by atoms with Crippen LogP contribution in [-0.2, 0) is 26.1 Å². The maximum absolute atomic E-state index is 14.2. The average molecular weight is 461 g/mol. The van der Waals surface area contributed by atoms with Gasteiger partial charge < -0.3 is 9.47 Å². The van der Waals surface area contributed by atoms with Gasteiger partial charge in [-0.1, -0.05) is 39.8 Å². The highest BCUT2D eigenvalue weighted by Gasteiger charge is 2.50. The molecule has 1 heterocycles. The summed E-state index contributed by atoms with van der Waals surface area (Å²) in [6, 6.07) is 7.99. The van der Waals surface area contributed by atoms with Crippen molar-refractivity contribution in [1.29, 1.82) is 0 Å². The second-order valence-corrected chi connectivity index (χ2v) is 12.3. The van der Waals surface area contributed by atoms with Crippen molar-refractivity contribution in [1.82, 2.24) is 0 Å². The maximum atomic E-state index is 14.2. The molecule has 172 valence electrons. The largest absolute Gasteiger partial charge is 0.340 e. The van der Waals surface area contributed by atoms with E-state index < -0.39 is 5.79 Å². The lowest BCUT2D eigenvalue weighted by Crippen LogP contribution is -2.35. The normalized spacial score (nSPS) is 21.9. The minimum Gasteiger partial charge on any atom is -0.340 e. The minimum atomic E-state index is -0.952. The Morgan fingerprint density at radius 1 is 0.571 bits per heavy atom. The van der Waals surface area contributed by atoms with Gasteiger partial charge in [-0.3, -0.25) is 9.59 Å². The monoisotopic (exact) mass is 460 g/mol. The van der Waals surface area contributed by atoms with E-state index in [4.69, 9.17) is 9.47 Å². The van der Waals surface area contributed by atoms with Gasteiger partial charge in [-0.2, -0.15) is 0 Å². The predicted molar refractivity (Wildman–Crippen MR) is 139 cm³/mol. The molecule has 0 amide bonds. The first-order valence-corrected chi connectivity index (χ1v) is 12.7. The summed E-state index contributed by atoms with van der Waals surface area (Å²) in [6.45, 7) is 10.0. The van der Waals surface area contributed by atoms with Crippen LogP contribution in [-0.4, -0.2) is 13.2 Å². The van der Waals surface area contributed by atoms with Gasteiger partial charge in [-0.25, -0.2) is 0 Å². The fourth-order valence-electron chi connectivity index (χ4n) is 8.24. The third-order valence-corrected chi connectivity index (χ3v) is 9.74. The third-order valence-electron chi connectivity index (χ3n) is 9.74. The molecule has 0 radical (unpaired) electrons. The molecule has 1 aliphatic heterocycles. The second kappa shape index (κ2) is 5.21. The van der Waals surface area contributed by atoms with Crippen LogP contribution in [0.4, 0.5) is 0 Å². The highest BCUT2D eigenvalue weighted by molar-refractivity contribution is 6.44. The van der Waals surface area contributed by atoms with Crippen LogP contribution in [0, 0.1) is 0 Å². The van der Waals surface area contributed by atoms with E-state index in [1.807, 2.05) is 24.3 Å². The molecule has 0 saturated carbocycles. The Morgan fingerprint density at radius 3 is 1.43 bits per heavy atom. The zero-order chi connectivity index (χ0) is 23.8. The number of ether oxygens (including phenoxy) is 2. The lowest BCUT2D eigenvalue weighted by molar-refractivity contribution is -0.125. The maximum Gasteiger partial charge on any atom is 0.223 e. The van der Waals surface area contributed by atoms with Gasteiger partial charge in [0.1, 0.15) is 0 Å². The number of hydrogen-bond acceptors (Lipinski definition) is 4. The molecule has 1 spiro atoms. The molecule has 6 aromatic rings. The summed E-state index contributed by atoms with van der Waals surface area (Å²) in [5, 5.41) is 9.26. The van der Waals surface area contributed by atoms with Crippen LogP contribution in [0.5, 0.6) is 0 Å². The molecule has 4 nitrogen and oxygen atoms in total. The van der Waals surface area contributed by atoms with Gasteiger partial charge in [-0.05, 0) is 46.9 Å². The summed E-state index contributed by atoms with van der Waals surface area (Å²) >= 11 is 0. The molecule has 35 heavy (non-hydrogen) atoms. The quantitative estimate of drug-likeness (QED) is 0.268.